The van der Waals surface area contributed by atoms with Crippen LogP contribution in [0.2, 0.25) is 0 Å². The summed E-state index contributed by atoms with van der Waals surface area (Å²) < 4.78 is 20.8. The molecule has 1 aliphatic rings. The standard InChI is InChI=1S/C25H26FN3O2/c1-5-14-28-21(15-16(2)3)22-23(27-28)25(30)29(19-10-12-20(31-4)13-11-19)24(22)17-6-8-18(26)9-7-17/h5-13,16,24H,1,14-15H2,2-4H3. The molecule has 0 saturated heterocycles. The molecule has 1 aromatic heterocycles. The lowest BCUT2D eigenvalue weighted by Gasteiger charge is -2.27. The van der Waals surface area contributed by atoms with E-state index in [4.69, 9.17) is 4.74 Å². The second-order valence-corrected chi connectivity index (χ2v) is 8.10. The average Bonchev–Trinajstić information content (AvgIpc) is 3.24. The fourth-order valence-electron chi connectivity index (χ4n) is 4.16. The summed E-state index contributed by atoms with van der Waals surface area (Å²) in [4.78, 5) is 15.3. The molecule has 2 aromatic carbocycles. The number of aromatic nitrogens is 2. The van der Waals surface area contributed by atoms with Crippen molar-refractivity contribution >= 4 is 11.6 Å². The molecular formula is C25H26FN3O2. The summed E-state index contributed by atoms with van der Waals surface area (Å²) in [7, 11) is 1.60. The van der Waals surface area contributed by atoms with E-state index in [9.17, 15) is 9.18 Å². The predicted octanol–water partition coefficient (Wildman–Crippen LogP) is 5.17. The topological polar surface area (TPSA) is 47.4 Å². The summed E-state index contributed by atoms with van der Waals surface area (Å²) in [5, 5.41) is 4.67. The highest BCUT2D eigenvalue weighted by Gasteiger charge is 2.44. The van der Waals surface area contributed by atoms with Crippen molar-refractivity contribution in [3.63, 3.8) is 0 Å². The van der Waals surface area contributed by atoms with Gasteiger partial charge in [-0.15, -0.1) is 6.58 Å². The number of anilines is 1. The number of hydrogen-bond acceptors (Lipinski definition) is 3. The van der Waals surface area contributed by atoms with Crippen LogP contribution in [0.4, 0.5) is 10.1 Å². The van der Waals surface area contributed by atoms with Gasteiger partial charge < -0.3 is 4.74 Å². The maximum atomic E-state index is 13.7. The minimum atomic E-state index is -0.385. The van der Waals surface area contributed by atoms with Crippen molar-refractivity contribution in [2.45, 2.75) is 32.9 Å². The SMILES string of the molecule is C=CCn1nc2c(c1CC(C)C)C(c1ccc(F)cc1)N(c1ccc(OC)cc1)C2=O. The highest BCUT2D eigenvalue weighted by molar-refractivity contribution is 6.10. The van der Waals surface area contributed by atoms with Gasteiger partial charge in [-0.05, 0) is 54.3 Å². The van der Waals surface area contributed by atoms with Crippen LogP contribution in [0, 0.1) is 11.7 Å². The minimum Gasteiger partial charge on any atom is -0.497 e. The first-order chi connectivity index (χ1) is 14.9. The van der Waals surface area contributed by atoms with Gasteiger partial charge >= 0.3 is 0 Å². The fourth-order valence-corrected chi connectivity index (χ4v) is 4.16. The molecule has 1 unspecified atom stereocenters. The number of amides is 1. The zero-order valence-electron chi connectivity index (χ0n) is 18.0. The van der Waals surface area contributed by atoms with Gasteiger partial charge in [-0.2, -0.15) is 5.10 Å². The van der Waals surface area contributed by atoms with E-state index in [1.807, 2.05) is 28.9 Å². The van der Waals surface area contributed by atoms with Gasteiger partial charge in [-0.25, -0.2) is 4.39 Å². The third-order valence-electron chi connectivity index (χ3n) is 5.49. The first-order valence-corrected chi connectivity index (χ1v) is 10.4. The van der Waals surface area contributed by atoms with Gasteiger partial charge in [0.2, 0.25) is 0 Å². The van der Waals surface area contributed by atoms with E-state index in [0.29, 0.717) is 23.9 Å². The van der Waals surface area contributed by atoms with Gasteiger partial charge in [0.05, 0.1) is 19.7 Å². The van der Waals surface area contributed by atoms with Gasteiger partial charge in [0.15, 0.2) is 5.69 Å². The Balaban J connectivity index is 1.91. The van der Waals surface area contributed by atoms with Gasteiger partial charge in [-0.3, -0.25) is 14.4 Å². The number of halogens is 1. The number of allylic oxidation sites excluding steroid dienone is 1. The van der Waals surface area contributed by atoms with E-state index < -0.39 is 0 Å². The number of rotatable bonds is 7. The second kappa shape index (κ2) is 8.38. The number of ether oxygens (including phenoxy) is 1. The van der Waals surface area contributed by atoms with Crippen LogP contribution < -0.4 is 9.64 Å². The third kappa shape index (κ3) is 3.74. The molecule has 31 heavy (non-hydrogen) atoms. The van der Waals surface area contributed by atoms with Crippen molar-refractivity contribution in [3.05, 3.63) is 89.5 Å². The Bertz CT molecular complexity index is 1100. The van der Waals surface area contributed by atoms with Gasteiger partial charge in [-0.1, -0.05) is 32.1 Å². The molecule has 3 aromatic rings. The van der Waals surface area contributed by atoms with Crippen molar-refractivity contribution in [1.82, 2.24) is 9.78 Å². The summed E-state index contributed by atoms with van der Waals surface area (Å²) in [6.07, 6.45) is 2.56. The number of methoxy groups -OCH3 is 1. The van der Waals surface area contributed by atoms with E-state index >= 15 is 0 Å². The lowest BCUT2D eigenvalue weighted by molar-refractivity contribution is 0.0988. The molecule has 0 bridgehead atoms. The van der Waals surface area contributed by atoms with Crippen LogP contribution in [0.5, 0.6) is 5.75 Å². The fraction of sp³-hybridized carbons (Fsp3) is 0.280. The van der Waals surface area contributed by atoms with Crippen molar-refractivity contribution in [1.29, 1.82) is 0 Å². The minimum absolute atomic E-state index is 0.165. The van der Waals surface area contributed by atoms with Gasteiger partial charge in [0.25, 0.3) is 5.91 Å². The van der Waals surface area contributed by atoms with Gasteiger partial charge in [0.1, 0.15) is 11.6 Å². The Hall–Kier alpha value is -3.41. The highest BCUT2D eigenvalue weighted by atomic mass is 19.1. The Morgan fingerprint density at radius 2 is 1.84 bits per heavy atom. The van der Waals surface area contributed by atoms with Crippen LogP contribution in [-0.2, 0) is 13.0 Å². The second-order valence-electron chi connectivity index (χ2n) is 8.10. The molecular weight excluding hydrogens is 393 g/mol. The molecule has 5 nitrogen and oxygen atoms in total. The quantitative estimate of drug-likeness (QED) is 0.497. The van der Waals surface area contributed by atoms with Crippen LogP contribution in [0.15, 0.2) is 61.2 Å². The summed E-state index contributed by atoms with van der Waals surface area (Å²) in [5.41, 5.74) is 3.94. The van der Waals surface area contributed by atoms with E-state index in [1.165, 1.54) is 12.1 Å². The molecule has 0 spiro atoms. The Morgan fingerprint density at radius 1 is 1.16 bits per heavy atom. The average molecular weight is 420 g/mol. The zero-order chi connectivity index (χ0) is 22.1. The smallest absolute Gasteiger partial charge is 0.280 e. The molecule has 0 N–H and O–H groups in total. The Kier molecular flexibility index (Phi) is 5.63. The first-order valence-electron chi connectivity index (χ1n) is 10.4. The molecule has 1 aliphatic heterocycles. The van der Waals surface area contributed by atoms with Crippen LogP contribution in [0.1, 0.15) is 47.2 Å². The van der Waals surface area contributed by atoms with Crippen LogP contribution in [0.3, 0.4) is 0 Å². The molecule has 0 radical (unpaired) electrons. The lowest BCUT2D eigenvalue weighted by atomic mass is 9.95. The maximum absolute atomic E-state index is 13.7. The number of benzene rings is 2. The third-order valence-corrected chi connectivity index (χ3v) is 5.49. The van der Waals surface area contributed by atoms with E-state index in [0.717, 1.165) is 28.9 Å². The number of nitrogens with zero attached hydrogens (tertiary/aromatic N) is 3. The molecule has 4 rings (SSSR count). The summed E-state index contributed by atoms with van der Waals surface area (Å²) in [6, 6.07) is 13.3. The highest BCUT2D eigenvalue weighted by Crippen LogP contribution is 2.44. The summed E-state index contributed by atoms with van der Waals surface area (Å²) in [6.45, 7) is 8.65. The molecule has 0 fully saturated rings. The van der Waals surface area contributed by atoms with Crippen molar-refractivity contribution in [2.75, 3.05) is 12.0 Å². The van der Waals surface area contributed by atoms with E-state index in [1.54, 1.807) is 30.2 Å². The molecule has 1 amide bonds. The summed E-state index contributed by atoms with van der Waals surface area (Å²) >= 11 is 0. The van der Waals surface area contributed by atoms with Crippen molar-refractivity contribution < 1.29 is 13.9 Å². The number of carbonyl (C=O) groups is 1. The van der Waals surface area contributed by atoms with Crippen LogP contribution >= 0.6 is 0 Å². The largest absolute Gasteiger partial charge is 0.497 e. The van der Waals surface area contributed by atoms with Crippen molar-refractivity contribution in [2.24, 2.45) is 5.92 Å². The predicted molar refractivity (Wildman–Crippen MR) is 119 cm³/mol. The number of carbonyl (C=O) groups excluding carboxylic acids is 1. The molecule has 1 atom stereocenters. The molecule has 0 aliphatic carbocycles. The summed E-state index contributed by atoms with van der Waals surface area (Å²) in [5.74, 6) is 0.614. The van der Waals surface area contributed by atoms with Crippen LogP contribution in [0.25, 0.3) is 0 Å². The van der Waals surface area contributed by atoms with Crippen molar-refractivity contribution in [3.8, 4) is 5.75 Å². The number of hydrogen-bond donors (Lipinski definition) is 0. The number of fused-ring (bicyclic) bond motifs is 1. The van der Waals surface area contributed by atoms with Gasteiger partial charge in [0, 0.05) is 16.9 Å². The maximum Gasteiger partial charge on any atom is 0.280 e. The van der Waals surface area contributed by atoms with Crippen LogP contribution in [-0.4, -0.2) is 22.8 Å². The van der Waals surface area contributed by atoms with E-state index in [2.05, 4.69) is 25.5 Å². The molecule has 160 valence electrons. The normalized spacial score (nSPS) is 15.5. The zero-order valence-corrected chi connectivity index (χ0v) is 18.0. The monoisotopic (exact) mass is 419 g/mol. The van der Waals surface area contributed by atoms with E-state index in [-0.39, 0.29) is 17.8 Å². The molecule has 0 saturated carbocycles. The lowest BCUT2D eigenvalue weighted by Crippen LogP contribution is -2.30. The Morgan fingerprint density at radius 3 is 2.42 bits per heavy atom. The first kappa shape index (κ1) is 20.8. The molecule has 6 heteroatoms. The molecule has 2 heterocycles. The Labute approximate surface area is 181 Å².